The molecule has 3 atom stereocenters. The molecule has 1 aromatic heterocycles. The Kier molecular flexibility index (Phi) is 9.39. The molecule has 1 amide bonds. The number of aryl methyl sites for hydroxylation is 1. The summed E-state index contributed by atoms with van der Waals surface area (Å²) in [4.78, 5) is 21.0. The van der Waals surface area contributed by atoms with E-state index in [1.54, 1.807) is 13.1 Å². The Morgan fingerprint density at radius 1 is 1.11 bits per heavy atom. The van der Waals surface area contributed by atoms with E-state index in [0.29, 0.717) is 23.2 Å². The molecule has 1 aliphatic carbocycles. The second-order valence-electron chi connectivity index (χ2n) is 13.2. The normalized spacial score (nSPS) is 22.4. The molecule has 6 rings (SSSR count). The second-order valence-corrected chi connectivity index (χ2v) is 13.6. The van der Waals surface area contributed by atoms with Crippen LogP contribution in [-0.2, 0) is 16.7 Å². The number of aromatic nitrogens is 1. The number of benzene rings is 2. The monoisotopic (exact) mass is 631 g/mol. The maximum absolute atomic E-state index is 15.2. The van der Waals surface area contributed by atoms with Gasteiger partial charge < -0.3 is 24.4 Å². The molecule has 9 heteroatoms. The SMILES string of the molecule is [C-]#[N+]c1ccc(N2CC(CN3CCC(C(Cn4cccc4C)(c4cc(F)cc(Cl)c4)[C@@H]4CCC[C@H]4OC(=O)NC)CC3)C2)cc1. The first-order chi connectivity index (χ1) is 21.8. The predicted molar refractivity (Wildman–Crippen MR) is 176 cm³/mol. The lowest BCUT2D eigenvalue weighted by Gasteiger charge is -2.51. The number of alkyl carbamates (subject to hydrolysis) is 1. The van der Waals surface area contributed by atoms with Crippen LogP contribution in [0.25, 0.3) is 4.85 Å². The molecule has 2 aliphatic heterocycles. The zero-order chi connectivity index (χ0) is 31.6. The Balaban J connectivity index is 1.24. The van der Waals surface area contributed by atoms with Gasteiger partial charge in [-0.15, -0.1) is 0 Å². The lowest BCUT2D eigenvalue weighted by molar-refractivity contribution is 0.00175. The molecule has 3 aliphatic rings. The third kappa shape index (κ3) is 6.57. The van der Waals surface area contributed by atoms with Crippen molar-refractivity contribution in [3.05, 3.63) is 94.3 Å². The highest BCUT2D eigenvalue weighted by Gasteiger charge is 2.53. The van der Waals surface area contributed by atoms with Gasteiger partial charge in [-0.05, 0) is 106 Å². The van der Waals surface area contributed by atoms with Crippen molar-refractivity contribution in [2.75, 3.05) is 44.7 Å². The molecule has 1 N–H and O–H groups in total. The molecule has 1 unspecified atom stereocenters. The van der Waals surface area contributed by atoms with Crippen molar-refractivity contribution in [3.63, 3.8) is 0 Å². The fraction of sp³-hybridized carbons (Fsp3) is 0.500. The molecule has 3 aromatic rings. The molecule has 0 spiro atoms. The number of carbonyl (C=O) groups is 1. The van der Waals surface area contributed by atoms with Crippen LogP contribution in [-0.4, -0.2) is 61.4 Å². The van der Waals surface area contributed by atoms with Gasteiger partial charge in [-0.3, -0.25) is 0 Å². The number of hydrogen-bond donors (Lipinski definition) is 1. The molecule has 0 radical (unpaired) electrons. The van der Waals surface area contributed by atoms with Crippen LogP contribution in [0.2, 0.25) is 5.02 Å². The van der Waals surface area contributed by atoms with Gasteiger partial charge >= 0.3 is 6.09 Å². The number of hydrogen-bond acceptors (Lipinski definition) is 4. The highest BCUT2D eigenvalue weighted by atomic mass is 35.5. The smallest absolute Gasteiger partial charge is 0.407 e. The van der Waals surface area contributed by atoms with Gasteiger partial charge in [0.25, 0.3) is 0 Å². The summed E-state index contributed by atoms with van der Waals surface area (Å²) >= 11 is 6.56. The molecule has 2 aromatic carbocycles. The van der Waals surface area contributed by atoms with Crippen molar-refractivity contribution < 1.29 is 13.9 Å². The lowest BCUT2D eigenvalue weighted by atomic mass is 9.58. The van der Waals surface area contributed by atoms with E-state index in [2.05, 4.69) is 49.8 Å². The van der Waals surface area contributed by atoms with Gasteiger partial charge in [0.05, 0.1) is 6.57 Å². The van der Waals surface area contributed by atoms with Gasteiger partial charge in [-0.25, -0.2) is 14.0 Å². The van der Waals surface area contributed by atoms with Gasteiger partial charge in [-0.2, -0.15) is 0 Å². The van der Waals surface area contributed by atoms with E-state index in [0.717, 1.165) is 76.1 Å². The summed E-state index contributed by atoms with van der Waals surface area (Å²) in [5.41, 5.74) is 3.45. The van der Waals surface area contributed by atoms with E-state index < -0.39 is 11.5 Å². The van der Waals surface area contributed by atoms with E-state index in [9.17, 15) is 4.79 Å². The van der Waals surface area contributed by atoms with Gasteiger partial charge in [0, 0.05) is 73.1 Å². The molecular weight excluding hydrogens is 589 g/mol. The largest absolute Gasteiger partial charge is 0.446 e. The van der Waals surface area contributed by atoms with Gasteiger partial charge in [0.2, 0.25) is 0 Å². The van der Waals surface area contributed by atoms with Gasteiger partial charge in [-0.1, -0.05) is 23.7 Å². The first kappa shape index (κ1) is 31.4. The summed E-state index contributed by atoms with van der Waals surface area (Å²) in [5, 5.41) is 3.04. The maximum atomic E-state index is 15.2. The first-order valence-electron chi connectivity index (χ1n) is 16.2. The summed E-state index contributed by atoms with van der Waals surface area (Å²) in [7, 11) is 1.59. The van der Waals surface area contributed by atoms with Crippen LogP contribution in [0.15, 0.2) is 60.8 Å². The summed E-state index contributed by atoms with van der Waals surface area (Å²) in [6.45, 7) is 15.0. The van der Waals surface area contributed by atoms with Crippen LogP contribution in [0, 0.1) is 37.1 Å². The highest BCUT2D eigenvalue weighted by Crippen LogP contribution is 2.53. The van der Waals surface area contributed by atoms with Crippen molar-refractivity contribution in [2.24, 2.45) is 17.8 Å². The number of anilines is 1. The Hall–Kier alpha value is -3.54. The van der Waals surface area contributed by atoms with Crippen molar-refractivity contribution in [1.82, 2.24) is 14.8 Å². The minimum atomic E-state index is -0.471. The Bertz CT molecular complexity index is 1500. The van der Waals surface area contributed by atoms with Crippen molar-refractivity contribution >= 4 is 29.1 Å². The van der Waals surface area contributed by atoms with E-state index in [1.165, 1.54) is 11.8 Å². The molecule has 0 bridgehead atoms. The molecule has 1 saturated carbocycles. The molecule has 7 nitrogen and oxygen atoms in total. The average Bonchev–Trinajstić information content (AvgIpc) is 3.65. The number of likely N-dealkylation sites (tertiary alicyclic amines) is 1. The highest BCUT2D eigenvalue weighted by molar-refractivity contribution is 6.30. The van der Waals surface area contributed by atoms with Crippen LogP contribution in [0.3, 0.4) is 0 Å². The number of carbonyl (C=O) groups excluding carboxylic acids is 1. The number of nitrogens with zero attached hydrogens (tertiary/aromatic N) is 4. The third-order valence-corrected chi connectivity index (χ3v) is 10.8. The van der Waals surface area contributed by atoms with E-state index in [1.807, 2.05) is 30.3 Å². The average molecular weight is 632 g/mol. The summed E-state index contributed by atoms with van der Waals surface area (Å²) in [5.74, 6) is 0.562. The predicted octanol–water partition coefficient (Wildman–Crippen LogP) is 7.45. The number of nitrogens with one attached hydrogen (secondary N) is 1. The van der Waals surface area contributed by atoms with Gasteiger partial charge in [0.1, 0.15) is 11.9 Å². The molecule has 45 heavy (non-hydrogen) atoms. The van der Waals surface area contributed by atoms with Gasteiger partial charge in [0.15, 0.2) is 5.69 Å². The Morgan fingerprint density at radius 2 is 1.87 bits per heavy atom. The standard InChI is InChI=1S/C36H43ClFN5O2/c1-25-6-5-15-42(25)24-36(28-18-29(37)20-30(38)19-28,33-7-4-8-34(33)45-35(44)40-3)27-13-16-41(17-14-27)21-26-22-43(23-26)32-11-9-31(39-2)10-12-32/h5-6,9-12,15,18-20,26-27,33-34H,4,7-8,13-14,16-17,21-24H2,1,3H3,(H,40,44)/t33-,34-,36?/m1/s1. The quantitative estimate of drug-likeness (QED) is 0.249. The number of rotatable bonds is 9. The first-order valence-corrected chi connectivity index (χ1v) is 16.6. The number of amides is 1. The van der Waals surface area contributed by atoms with Crippen LogP contribution < -0.4 is 10.2 Å². The van der Waals surface area contributed by atoms with E-state index in [4.69, 9.17) is 22.9 Å². The van der Waals surface area contributed by atoms with Crippen molar-refractivity contribution in [2.45, 2.75) is 57.1 Å². The zero-order valence-corrected chi connectivity index (χ0v) is 27.0. The van der Waals surface area contributed by atoms with Crippen LogP contribution in [0.4, 0.5) is 20.6 Å². The maximum Gasteiger partial charge on any atom is 0.407 e. The van der Waals surface area contributed by atoms with Crippen molar-refractivity contribution in [1.29, 1.82) is 0 Å². The molecule has 238 valence electrons. The lowest BCUT2D eigenvalue weighted by Crippen LogP contribution is -2.55. The van der Waals surface area contributed by atoms with Crippen LogP contribution in [0.5, 0.6) is 0 Å². The topological polar surface area (TPSA) is 54.1 Å². The van der Waals surface area contributed by atoms with Crippen LogP contribution in [0.1, 0.15) is 43.4 Å². The minimum absolute atomic E-state index is 0.0282. The second kappa shape index (κ2) is 13.4. The van der Waals surface area contributed by atoms with E-state index in [-0.39, 0.29) is 23.8 Å². The summed E-state index contributed by atoms with van der Waals surface area (Å²) in [6, 6.07) is 17.1. The summed E-state index contributed by atoms with van der Waals surface area (Å²) < 4.78 is 23.5. The Morgan fingerprint density at radius 3 is 2.51 bits per heavy atom. The minimum Gasteiger partial charge on any atom is -0.446 e. The Labute approximate surface area is 271 Å². The number of ether oxygens (including phenoxy) is 1. The molecule has 3 fully saturated rings. The number of halogens is 2. The molecular formula is C36H43ClFN5O2. The van der Waals surface area contributed by atoms with E-state index >= 15 is 4.39 Å². The third-order valence-electron chi connectivity index (χ3n) is 10.6. The molecule has 2 saturated heterocycles. The van der Waals surface area contributed by atoms with Crippen molar-refractivity contribution in [3.8, 4) is 0 Å². The summed E-state index contributed by atoms with van der Waals surface area (Å²) in [6.07, 6.45) is 6.06. The molecule has 3 heterocycles. The fourth-order valence-electron chi connectivity index (χ4n) is 8.35. The zero-order valence-electron chi connectivity index (χ0n) is 26.2. The van der Waals surface area contributed by atoms with Crippen LogP contribution >= 0.6 is 11.6 Å². The fourth-order valence-corrected chi connectivity index (χ4v) is 8.58. The number of piperidine rings is 1.